The quantitative estimate of drug-likeness (QED) is 0.240. The molecule has 0 bridgehead atoms. The van der Waals surface area contributed by atoms with Gasteiger partial charge in [0.15, 0.2) is 5.78 Å². The van der Waals surface area contributed by atoms with E-state index in [2.05, 4.69) is 40.2 Å². The molecule has 43 heavy (non-hydrogen) atoms. The number of allylic oxidation sites excluding steroid dienone is 4. The lowest BCUT2D eigenvalue weighted by atomic mass is 9.48. The molecular weight excluding hydrogens is 557 g/mol. The Morgan fingerprint density at radius 3 is 2.58 bits per heavy atom. The number of nitrogens with zero attached hydrogens (tertiary/aromatic N) is 2. The number of hydrogen-bond donors (Lipinski definition) is 1. The molecule has 230 valence electrons. The smallest absolute Gasteiger partial charge is 0.411 e. The van der Waals surface area contributed by atoms with Gasteiger partial charge in [-0.25, -0.2) is 0 Å². The molecule has 5 atom stereocenters. The summed E-state index contributed by atoms with van der Waals surface area (Å²) >= 11 is 0. The van der Waals surface area contributed by atoms with E-state index in [1.54, 1.807) is 0 Å². The molecule has 1 aliphatic heterocycles. The molecule has 0 radical (unpaired) electrons. The van der Waals surface area contributed by atoms with Gasteiger partial charge in [-0.05, 0) is 97.1 Å². The number of methoxy groups -OCH3 is 1. The largest absolute Gasteiger partial charge is 0.457 e. The van der Waals surface area contributed by atoms with Crippen LogP contribution >= 0.6 is 0 Å². The number of alkyl halides is 3. The minimum Gasteiger partial charge on any atom is -0.411 e. The van der Waals surface area contributed by atoms with Gasteiger partial charge in [0.2, 0.25) is 0 Å². The summed E-state index contributed by atoms with van der Waals surface area (Å²) in [5.74, 6) is 3.81. The van der Waals surface area contributed by atoms with E-state index in [0.717, 1.165) is 43.6 Å². The summed E-state index contributed by atoms with van der Waals surface area (Å²) in [6.07, 6.45) is 1.84. The Kier molecular flexibility index (Phi) is 7.97. The average Bonchev–Trinajstić information content (AvgIpc) is 3.32. The van der Waals surface area contributed by atoms with Crippen molar-refractivity contribution in [3.05, 3.63) is 52.6 Å². The van der Waals surface area contributed by atoms with Crippen LogP contribution in [0.15, 0.2) is 52.2 Å². The van der Waals surface area contributed by atoms with E-state index in [1.807, 2.05) is 13.0 Å². The number of ether oxygens (including phenoxy) is 2. The summed E-state index contributed by atoms with van der Waals surface area (Å²) in [6.45, 7) is 4.78. The second-order valence-electron chi connectivity index (χ2n) is 12.9. The highest BCUT2D eigenvalue weighted by molar-refractivity contribution is 5.97. The molecule has 0 unspecified atom stereocenters. The monoisotopic (exact) mass is 596 g/mol. The van der Waals surface area contributed by atoms with Crippen molar-refractivity contribution in [2.24, 2.45) is 27.8 Å². The van der Waals surface area contributed by atoms with Crippen LogP contribution in [-0.2, 0) is 14.3 Å². The Morgan fingerprint density at radius 2 is 1.91 bits per heavy atom. The zero-order chi connectivity index (χ0) is 30.4. The maximum Gasteiger partial charge on any atom is 0.457 e. The minimum absolute atomic E-state index is 0.0247. The lowest BCUT2D eigenvalue weighted by molar-refractivity contribution is -0.136. The van der Waals surface area contributed by atoms with Gasteiger partial charge in [0.1, 0.15) is 6.61 Å². The van der Waals surface area contributed by atoms with Crippen molar-refractivity contribution in [3.8, 4) is 11.8 Å². The summed E-state index contributed by atoms with van der Waals surface area (Å²) in [6, 6.07) is 8.57. The molecule has 1 heterocycles. The van der Waals surface area contributed by atoms with Crippen molar-refractivity contribution in [1.82, 2.24) is 0 Å². The fraction of sp³-hybridized carbons (Fsp3) is 0.588. The first-order valence-electron chi connectivity index (χ1n) is 15.3. The molecule has 1 aromatic rings. The molecular formula is C34H39F3N2O4. The van der Waals surface area contributed by atoms with Crippen LogP contribution in [0.4, 0.5) is 18.9 Å². The van der Waals surface area contributed by atoms with Gasteiger partial charge in [0, 0.05) is 37.7 Å². The second kappa shape index (κ2) is 11.4. The zero-order valence-electron chi connectivity index (χ0n) is 24.8. The highest BCUT2D eigenvalue weighted by Crippen LogP contribution is 2.69. The van der Waals surface area contributed by atoms with Gasteiger partial charge in [0.25, 0.3) is 0 Å². The molecule has 0 aromatic heterocycles. The van der Waals surface area contributed by atoms with Crippen LogP contribution in [0, 0.1) is 34.5 Å². The van der Waals surface area contributed by atoms with Crippen LogP contribution in [0.2, 0.25) is 0 Å². The van der Waals surface area contributed by atoms with Gasteiger partial charge >= 0.3 is 6.18 Å². The number of hydrogen-bond acceptors (Lipinski definition) is 6. The molecule has 0 amide bonds. The van der Waals surface area contributed by atoms with Crippen molar-refractivity contribution >= 4 is 17.2 Å². The Labute approximate surface area is 251 Å². The number of morpholine rings is 1. The lowest BCUT2D eigenvalue weighted by Gasteiger charge is -2.54. The molecule has 1 saturated heterocycles. The number of Topliss-reactive ketones (excluding diaryl/α,β-unsaturated/α-hetero) is 1. The third kappa shape index (κ3) is 5.21. The summed E-state index contributed by atoms with van der Waals surface area (Å²) in [7, 11) is 1.40. The number of fused-ring (bicyclic) bond motifs is 4. The average molecular weight is 597 g/mol. The van der Waals surface area contributed by atoms with Gasteiger partial charge in [-0.1, -0.05) is 35.7 Å². The predicted octanol–water partition coefficient (Wildman–Crippen LogP) is 6.45. The second-order valence-corrected chi connectivity index (χ2v) is 12.9. The molecule has 6 rings (SSSR count). The molecule has 1 N–H and O–H groups in total. The number of ketones is 1. The number of anilines is 1. The third-order valence-electron chi connectivity index (χ3n) is 10.9. The number of halogens is 3. The molecule has 3 fully saturated rings. The third-order valence-corrected chi connectivity index (χ3v) is 10.9. The van der Waals surface area contributed by atoms with Crippen molar-refractivity contribution < 1.29 is 32.6 Å². The molecule has 5 aliphatic rings. The fourth-order valence-corrected chi connectivity index (χ4v) is 8.98. The van der Waals surface area contributed by atoms with Crippen molar-refractivity contribution in [2.75, 3.05) is 44.9 Å². The molecule has 2 saturated carbocycles. The van der Waals surface area contributed by atoms with Crippen LogP contribution < -0.4 is 4.90 Å². The summed E-state index contributed by atoms with van der Waals surface area (Å²) in [5.41, 5.74) is 4.55. The van der Waals surface area contributed by atoms with Gasteiger partial charge in [-0.15, -0.1) is 0 Å². The van der Waals surface area contributed by atoms with E-state index in [1.165, 1.54) is 29.7 Å². The van der Waals surface area contributed by atoms with Crippen molar-refractivity contribution in [2.45, 2.75) is 64.0 Å². The van der Waals surface area contributed by atoms with Gasteiger partial charge in [-0.2, -0.15) is 13.2 Å². The van der Waals surface area contributed by atoms with E-state index in [9.17, 15) is 23.2 Å². The van der Waals surface area contributed by atoms with E-state index in [0.29, 0.717) is 44.6 Å². The topological polar surface area (TPSA) is 71.4 Å². The number of oxime groups is 1. The van der Waals surface area contributed by atoms with E-state index >= 15 is 0 Å². The van der Waals surface area contributed by atoms with E-state index in [4.69, 9.17) is 9.47 Å². The molecule has 1 aromatic carbocycles. The van der Waals surface area contributed by atoms with Crippen LogP contribution in [-0.4, -0.2) is 62.9 Å². The van der Waals surface area contributed by atoms with Gasteiger partial charge in [0.05, 0.1) is 24.3 Å². The minimum atomic E-state index is -4.69. The summed E-state index contributed by atoms with van der Waals surface area (Å²) in [4.78, 5) is 16.1. The molecule has 0 spiro atoms. The first kappa shape index (κ1) is 30.0. The van der Waals surface area contributed by atoms with Crippen molar-refractivity contribution in [1.29, 1.82) is 0 Å². The van der Waals surface area contributed by atoms with Crippen LogP contribution in [0.1, 0.15) is 63.4 Å². The van der Waals surface area contributed by atoms with Crippen LogP contribution in [0.25, 0.3) is 0 Å². The van der Waals surface area contributed by atoms with E-state index in [-0.39, 0.29) is 30.1 Å². The normalized spacial score (nSPS) is 33.2. The maximum atomic E-state index is 13.8. The first-order valence-corrected chi connectivity index (χ1v) is 15.3. The Balaban J connectivity index is 1.48. The highest BCUT2D eigenvalue weighted by Gasteiger charge is 2.65. The van der Waals surface area contributed by atoms with Crippen LogP contribution in [0.3, 0.4) is 0 Å². The standard InChI is InChI=1S/C34H39F3N2O4/c1-32-20-28(22-3-7-25(8-4-22)39-15-17-43-18-16-39)31-26-10-6-24(38-41)19-23(26)5-9-27(31)29(32)11-12-33(32,30(40)21-42-2)13-14-34(35,36)37/h3-4,7-8,19,27-29,41H,5-6,9-12,15-18,20-21H2,1-2H3/b38-24+/t27-,28+,29-,32-,33-/m0/s1. The molecule has 9 heteroatoms. The number of benzene rings is 1. The Bertz CT molecular complexity index is 1410. The van der Waals surface area contributed by atoms with Crippen molar-refractivity contribution in [3.63, 3.8) is 0 Å². The fourth-order valence-electron chi connectivity index (χ4n) is 8.98. The first-order chi connectivity index (χ1) is 20.6. The molecule has 6 nitrogen and oxygen atoms in total. The Hall–Kier alpha value is -3.09. The highest BCUT2D eigenvalue weighted by atomic mass is 19.4. The lowest BCUT2D eigenvalue weighted by Crippen LogP contribution is -2.51. The summed E-state index contributed by atoms with van der Waals surface area (Å²) < 4.78 is 51.4. The Morgan fingerprint density at radius 1 is 1.16 bits per heavy atom. The number of carbonyl (C=O) groups excluding carboxylic acids is 1. The van der Waals surface area contributed by atoms with Gasteiger partial charge < -0.3 is 19.6 Å². The summed E-state index contributed by atoms with van der Waals surface area (Å²) in [5, 5.41) is 13.0. The van der Waals surface area contributed by atoms with Crippen LogP contribution in [0.5, 0.6) is 0 Å². The number of carbonyl (C=O) groups is 1. The van der Waals surface area contributed by atoms with Gasteiger partial charge in [-0.3, -0.25) is 4.79 Å². The predicted molar refractivity (Wildman–Crippen MR) is 157 cm³/mol. The number of rotatable bonds is 5. The molecule has 4 aliphatic carbocycles. The maximum absolute atomic E-state index is 13.8. The zero-order valence-corrected chi connectivity index (χ0v) is 24.8. The van der Waals surface area contributed by atoms with E-state index < -0.39 is 17.0 Å². The SMILES string of the molecule is COCC(=O)[C@@]1(C#CC(F)(F)F)CC[C@H]2[C@@H]3CCC4=C/C(=N/O)CCC4=C3[C@@H](c3ccc(N4CCOCC4)cc3)C[C@@]21C.